The molecule has 0 saturated heterocycles. The fourth-order valence-corrected chi connectivity index (χ4v) is 3.62. The first-order valence-corrected chi connectivity index (χ1v) is 7.43. The molecule has 0 N–H and O–H groups in total. The van der Waals surface area contributed by atoms with Crippen molar-refractivity contribution >= 4 is 27.5 Å². The van der Waals surface area contributed by atoms with Crippen LogP contribution in [0.15, 0.2) is 36.4 Å². The highest BCUT2D eigenvalue weighted by Gasteiger charge is 2.17. The minimum absolute atomic E-state index is 0.0584. The lowest BCUT2D eigenvalue weighted by Gasteiger charge is -2.17. The summed E-state index contributed by atoms with van der Waals surface area (Å²) >= 11 is 9.75. The molecule has 0 heterocycles. The van der Waals surface area contributed by atoms with Crippen molar-refractivity contribution in [1.29, 1.82) is 0 Å². The van der Waals surface area contributed by atoms with Crippen LogP contribution in [0.1, 0.15) is 27.1 Å². The van der Waals surface area contributed by atoms with Gasteiger partial charge < -0.3 is 0 Å². The van der Waals surface area contributed by atoms with Gasteiger partial charge in [-0.25, -0.2) is 4.39 Å². The van der Waals surface area contributed by atoms with Gasteiger partial charge in [-0.2, -0.15) is 0 Å². The van der Waals surface area contributed by atoms with Gasteiger partial charge in [0.1, 0.15) is 5.82 Å². The highest BCUT2D eigenvalue weighted by molar-refractivity contribution is 9.09. The zero-order valence-corrected chi connectivity index (χ0v) is 13.2. The van der Waals surface area contributed by atoms with Gasteiger partial charge in [-0.3, -0.25) is 0 Å². The predicted octanol–water partition coefficient (Wildman–Crippen LogP) is 5.77. The third-order valence-corrected chi connectivity index (χ3v) is 4.44. The van der Waals surface area contributed by atoms with Crippen molar-refractivity contribution in [3.8, 4) is 0 Å². The Morgan fingerprint density at radius 1 is 1.11 bits per heavy atom. The van der Waals surface area contributed by atoms with Crippen LogP contribution in [0.2, 0.25) is 5.02 Å². The highest BCUT2D eigenvalue weighted by Crippen LogP contribution is 2.34. The van der Waals surface area contributed by atoms with Gasteiger partial charge in [0, 0.05) is 15.4 Å². The van der Waals surface area contributed by atoms with Crippen LogP contribution in [0.4, 0.5) is 4.39 Å². The van der Waals surface area contributed by atoms with Gasteiger partial charge in [0.05, 0.1) is 0 Å². The summed E-state index contributed by atoms with van der Waals surface area (Å²) in [7, 11) is 0. The van der Waals surface area contributed by atoms with E-state index in [0.717, 1.165) is 0 Å². The number of hydrogen-bond donors (Lipinski definition) is 0. The Hall–Kier alpha value is -0.860. The van der Waals surface area contributed by atoms with E-state index < -0.39 is 0 Å². The molecule has 0 bridgehead atoms. The topological polar surface area (TPSA) is 0 Å². The zero-order valence-electron chi connectivity index (χ0n) is 10.9. The van der Waals surface area contributed by atoms with E-state index in [1.165, 1.54) is 22.8 Å². The van der Waals surface area contributed by atoms with Crippen molar-refractivity contribution in [3.05, 3.63) is 69.5 Å². The van der Waals surface area contributed by atoms with Gasteiger partial charge in [-0.05, 0) is 49.1 Å². The van der Waals surface area contributed by atoms with Crippen molar-refractivity contribution in [2.75, 3.05) is 0 Å². The summed E-state index contributed by atoms with van der Waals surface area (Å²) in [4.78, 5) is 0.0584. The molecule has 0 aliphatic carbocycles. The molecule has 19 heavy (non-hydrogen) atoms. The average molecular weight is 342 g/mol. The molecule has 2 aromatic carbocycles. The van der Waals surface area contributed by atoms with Crippen molar-refractivity contribution in [2.24, 2.45) is 0 Å². The Morgan fingerprint density at radius 2 is 1.68 bits per heavy atom. The molecule has 3 heteroatoms. The molecule has 0 aromatic heterocycles. The molecule has 0 nitrogen and oxygen atoms in total. The Morgan fingerprint density at radius 3 is 2.26 bits per heavy atom. The first-order chi connectivity index (χ1) is 9.00. The normalized spacial score (nSPS) is 12.5. The van der Waals surface area contributed by atoms with E-state index in [0.29, 0.717) is 17.0 Å². The van der Waals surface area contributed by atoms with Crippen LogP contribution in [0, 0.1) is 19.7 Å². The average Bonchev–Trinajstić information content (AvgIpc) is 2.34. The van der Waals surface area contributed by atoms with Crippen LogP contribution in [0.3, 0.4) is 0 Å². The third-order valence-electron chi connectivity index (χ3n) is 3.30. The molecule has 0 amide bonds. The molecule has 0 fully saturated rings. The maximum atomic E-state index is 13.8. The maximum absolute atomic E-state index is 13.8. The first kappa shape index (κ1) is 14.5. The van der Waals surface area contributed by atoms with Crippen molar-refractivity contribution in [1.82, 2.24) is 0 Å². The molecule has 1 atom stereocenters. The van der Waals surface area contributed by atoms with Gasteiger partial charge in [-0.15, -0.1) is 0 Å². The van der Waals surface area contributed by atoms with Crippen LogP contribution in [-0.4, -0.2) is 0 Å². The minimum Gasteiger partial charge on any atom is -0.207 e. The SMILES string of the molecule is Cc1cccc(C)c1C(Br)Cc1c(F)cccc1Cl. The van der Waals surface area contributed by atoms with E-state index in [4.69, 9.17) is 11.6 Å². The van der Waals surface area contributed by atoms with Crippen molar-refractivity contribution in [3.63, 3.8) is 0 Å². The quantitative estimate of drug-likeness (QED) is 0.621. The molecule has 0 radical (unpaired) electrons. The van der Waals surface area contributed by atoms with E-state index >= 15 is 0 Å². The Labute approximate surface area is 126 Å². The number of alkyl halides is 1. The van der Waals surface area contributed by atoms with Crippen LogP contribution in [0.5, 0.6) is 0 Å². The van der Waals surface area contributed by atoms with Crippen LogP contribution >= 0.6 is 27.5 Å². The number of halogens is 3. The third kappa shape index (κ3) is 3.18. The molecular weight excluding hydrogens is 327 g/mol. The summed E-state index contributed by atoms with van der Waals surface area (Å²) in [5.74, 6) is -0.247. The molecule has 2 rings (SSSR count). The van der Waals surface area contributed by atoms with E-state index in [1.54, 1.807) is 12.1 Å². The summed E-state index contributed by atoms with van der Waals surface area (Å²) in [6, 6.07) is 11.0. The standard InChI is InChI=1S/C16H15BrClF/c1-10-5-3-6-11(2)16(10)13(17)9-12-14(18)7-4-8-15(12)19/h3-8,13H,9H2,1-2H3. The number of benzene rings is 2. The Kier molecular flexibility index (Phi) is 4.64. The lowest BCUT2D eigenvalue weighted by molar-refractivity contribution is 0.608. The van der Waals surface area contributed by atoms with E-state index in [2.05, 4.69) is 41.9 Å². The van der Waals surface area contributed by atoms with Gasteiger partial charge >= 0.3 is 0 Å². The fourth-order valence-electron chi connectivity index (χ4n) is 2.33. The summed E-state index contributed by atoms with van der Waals surface area (Å²) in [5.41, 5.74) is 4.18. The first-order valence-electron chi connectivity index (χ1n) is 6.13. The van der Waals surface area contributed by atoms with Crippen LogP contribution in [-0.2, 0) is 6.42 Å². The van der Waals surface area contributed by atoms with Crippen LogP contribution in [0.25, 0.3) is 0 Å². The van der Waals surface area contributed by atoms with E-state index in [9.17, 15) is 4.39 Å². The second kappa shape index (κ2) is 6.06. The van der Waals surface area contributed by atoms with Crippen LogP contribution < -0.4 is 0 Å². The molecule has 0 aliphatic rings. The van der Waals surface area contributed by atoms with Crippen molar-refractivity contribution < 1.29 is 4.39 Å². The summed E-state index contributed by atoms with van der Waals surface area (Å²) in [6.07, 6.45) is 0.539. The molecule has 2 aromatic rings. The highest BCUT2D eigenvalue weighted by atomic mass is 79.9. The molecular formula is C16H15BrClF. The van der Waals surface area contributed by atoms with Gasteiger partial charge in [0.15, 0.2) is 0 Å². The summed E-state index contributed by atoms with van der Waals surface area (Å²) in [6.45, 7) is 4.14. The number of aryl methyl sites for hydroxylation is 2. The fraction of sp³-hybridized carbons (Fsp3) is 0.250. The molecule has 0 aliphatic heterocycles. The number of hydrogen-bond acceptors (Lipinski definition) is 0. The van der Waals surface area contributed by atoms with E-state index in [1.807, 2.05) is 6.07 Å². The Balaban J connectivity index is 2.34. The summed E-state index contributed by atoms with van der Waals surface area (Å²) in [5, 5.41) is 0.482. The van der Waals surface area contributed by atoms with Gasteiger partial charge in [-0.1, -0.05) is 51.8 Å². The lowest BCUT2D eigenvalue weighted by Crippen LogP contribution is -2.03. The second-order valence-corrected chi connectivity index (χ2v) is 6.19. The molecule has 100 valence electrons. The monoisotopic (exact) mass is 340 g/mol. The molecule has 1 unspecified atom stereocenters. The maximum Gasteiger partial charge on any atom is 0.127 e. The zero-order chi connectivity index (χ0) is 14.0. The molecule has 0 saturated carbocycles. The molecule has 0 spiro atoms. The smallest absolute Gasteiger partial charge is 0.127 e. The lowest BCUT2D eigenvalue weighted by atomic mass is 9.96. The predicted molar refractivity (Wildman–Crippen MR) is 82.7 cm³/mol. The second-order valence-electron chi connectivity index (χ2n) is 4.68. The van der Waals surface area contributed by atoms with E-state index in [-0.39, 0.29) is 10.6 Å². The largest absolute Gasteiger partial charge is 0.207 e. The van der Waals surface area contributed by atoms with Crippen molar-refractivity contribution in [2.45, 2.75) is 25.1 Å². The van der Waals surface area contributed by atoms with Gasteiger partial charge in [0.2, 0.25) is 0 Å². The summed E-state index contributed by atoms with van der Waals surface area (Å²) < 4.78 is 13.8. The van der Waals surface area contributed by atoms with Gasteiger partial charge in [0.25, 0.3) is 0 Å². The number of rotatable bonds is 3. The Bertz CT molecular complexity index is 555. The minimum atomic E-state index is -0.247.